The van der Waals surface area contributed by atoms with Crippen LogP contribution in [0.25, 0.3) is 22.2 Å². The molecule has 2 aliphatic rings. The first-order chi connectivity index (χ1) is 15.3. The number of aromatic nitrogens is 3. The molecule has 3 aromatic rings. The number of nitrogens with two attached hydrogens (primary N) is 1. The van der Waals surface area contributed by atoms with E-state index in [1.165, 1.54) is 32.1 Å². The quantitative estimate of drug-likeness (QED) is 0.365. The number of hydrogen-bond acceptors (Lipinski definition) is 5. The molecule has 2 saturated heterocycles. The Morgan fingerprint density at radius 3 is 2.78 bits per heavy atom. The molecule has 165 valence electrons. The average molecular weight is 514 g/mol. The third kappa shape index (κ3) is 3.92. The molecule has 2 atom stereocenters. The van der Waals surface area contributed by atoms with Crippen molar-refractivity contribution in [1.29, 1.82) is 0 Å². The number of nitrogens with one attached hydrogen (secondary N) is 1. The van der Waals surface area contributed by atoms with Crippen molar-refractivity contribution < 1.29 is 0 Å². The standard InChI is InChI=1S/C23H25BBrClN5O/c1-22-7-3-2-4-8-23(24-22,10-9-22)30-21-28-13-14-11-17(20(32)31(27)19(14)29-21)16-6-5-15(25)12-18(16)26/h5-6,11-13H,2-4,7-10,27H2,1H3,(H,28,29,30). The second kappa shape index (κ2) is 8.06. The highest BCUT2D eigenvalue weighted by Crippen LogP contribution is 2.51. The molecule has 2 unspecified atom stereocenters. The van der Waals surface area contributed by atoms with Gasteiger partial charge in [0.15, 0.2) is 12.9 Å². The van der Waals surface area contributed by atoms with E-state index >= 15 is 0 Å². The van der Waals surface area contributed by atoms with Gasteiger partial charge in [-0.3, -0.25) is 4.79 Å². The van der Waals surface area contributed by atoms with Crippen molar-refractivity contribution in [2.75, 3.05) is 11.2 Å². The lowest BCUT2D eigenvalue weighted by molar-refractivity contribution is 0.502. The van der Waals surface area contributed by atoms with Gasteiger partial charge in [-0.1, -0.05) is 77.9 Å². The second-order valence-corrected chi connectivity index (χ2v) is 10.8. The van der Waals surface area contributed by atoms with Crippen molar-refractivity contribution in [1.82, 2.24) is 14.6 Å². The third-order valence-electron chi connectivity index (χ3n) is 6.99. The van der Waals surface area contributed by atoms with E-state index in [-0.39, 0.29) is 16.3 Å². The van der Waals surface area contributed by atoms with Gasteiger partial charge in [0.1, 0.15) is 0 Å². The van der Waals surface area contributed by atoms with Gasteiger partial charge in [0.25, 0.3) is 5.56 Å². The molecule has 0 spiro atoms. The molecule has 3 N–H and O–H groups in total. The van der Waals surface area contributed by atoms with Crippen LogP contribution in [0, 0.1) is 0 Å². The Morgan fingerprint density at radius 1 is 1.16 bits per heavy atom. The van der Waals surface area contributed by atoms with E-state index in [1.807, 2.05) is 6.07 Å². The fourth-order valence-corrected chi connectivity index (χ4v) is 6.10. The molecular formula is C23H25BBrClN5O. The number of benzene rings is 1. The van der Waals surface area contributed by atoms with Gasteiger partial charge >= 0.3 is 0 Å². The van der Waals surface area contributed by atoms with E-state index in [0.717, 1.165) is 22.0 Å². The van der Waals surface area contributed by atoms with Gasteiger partial charge in [0.2, 0.25) is 5.95 Å². The molecular weight excluding hydrogens is 488 g/mol. The third-order valence-corrected chi connectivity index (χ3v) is 7.80. The molecule has 5 rings (SSSR count). The van der Waals surface area contributed by atoms with Crippen LogP contribution >= 0.6 is 27.5 Å². The molecule has 1 radical (unpaired) electrons. The molecule has 2 aliphatic heterocycles. The van der Waals surface area contributed by atoms with Gasteiger partial charge in [0.05, 0.1) is 5.56 Å². The zero-order chi connectivity index (χ0) is 22.5. The van der Waals surface area contributed by atoms with Crippen LogP contribution in [0.15, 0.2) is 39.7 Å². The first kappa shape index (κ1) is 21.8. The zero-order valence-electron chi connectivity index (χ0n) is 18.0. The minimum absolute atomic E-state index is 0.104. The lowest BCUT2D eigenvalue weighted by atomic mass is 9.45. The molecule has 4 heterocycles. The summed E-state index contributed by atoms with van der Waals surface area (Å²) in [6, 6.07) is 7.15. The van der Waals surface area contributed by atoms with E-state index in [0.29, 0.717) is 33.1 Å². The summed E-state index contributed by atoms with van der Waals surface area (Å²) in [4.78, 5) is 22.3. The number of nitrogen functional groups attached to an aromatic ring is 1. The van der Waals surface area contributed by atoms with E-state index < -0.39 is 0 Å². The molecule has 2 fully saturated rings. The highest BCUT2D eigenvalue weighted by atomic mass is 79.9. The molecule has 32 heavy (non-hydrogen) atoms. The van der Waals surface area contributed by atoms with Gasteiger partial charge in [-0.25, -0.2) is 9.66 Å². The summed E-state index contributed by atoms with van der Waals surface area (Å²) in [5.41, 5.74) is 0.979. The van der Waals surface area contributed by atoms with Crippen LogP contribution in [0.5, 0.6) is 0 Å². The number of rotatable bonds is 3. The molecule has 0 aliphatic carbocycles. The number of nitrogens with zero attached hydrogens (tertiary/aromatic N) is 3. The van der Waals surface area contributed by atoms with Crippen LogP contribution in [0.2, 0.25) is 10.3 Å². The van der Waals surface area contributed by atoms with E-state index in [4.69, 9.17) is 17.4 Å². The minimum Gasteiger partial charge on any atom is -0.356 e. The monoisotopic (exact) mass is 512 g/mol. The summed E-state index contributed by atoms with van der Waals surface area (Å²) in [5, 5.41) is 5.02. The van der Waals surface area contributed by atoms with Crippen molar-refractivity contribution >= 4 is 51.8 Å². The number of pyridine rings is 1. The lowest BCUT2D eigenvalue weighted by Crippen LogP contribution is -2.44. The first-order valence-corrected chi connectivity index (χ1v) is 12.2. The molecule has 9 heteroatoms. The Morgan fingerprint density at radius 2 is 1.97 bits per heavy atom. The smallest absolute Gasteiger partial charge is 0.278 e. The van der Waals surface area contributed by atoms with Crippen LogP contribution < -0.4 is 16.7 Å². The Bertz CT molecular complexity index is 1260. The molecule has 0 amide bonds. The van der Waals surface area contributed by atoms with Gasteiger partial charge in [0, 0.05) is 32.1 Å². The Hall–Kier alpha value is -2.06. The fourth-order valence-electron chi connectivity index (χ4n) is 5.33. The summed E-state index contributed by atoms with van der Waals surface area (Å²) in [7, 11) is 2.49. The van der Waals surface area contributed by atoms with Crippen molar-refractivity contribution in [3.8, 4) is 11.1 Å². The van der Waals surface area contributed by atoms with Crippen molar-refractivity contribution in [2.45, 2.75) is 62.6 Å². The number of halogens is 2. The van der Waals surface area contributed by atoms with E-state index in [2.05, 4.69) is 45.4 Å². The van der Waals surface area contributed by atoms with Crippen LogP contribution in [0.4, 0.5) is 5.95 Å². The maximum absolute atomic E-state index is 13.1. The molecule has 2 aromatic heterocycles. The SMILES string of the molecule is CC12[B]C(Nc3ncc4cc(-c5ccc(Br)cc5Cl)c(=O)n(N)c4n3)(CCCCC1)CC2. The number of anilines is 1. The average Bonchev–Trinajstić information content (AvgIpc) is 3.09. The fraction of sp³-hybridized carbons (Fsp3) is 0.435. The van der Waals surface area contributed by atoms with Crippen molar-refractivity contribution in [3.05, 3.63) is 50.3 Å². The van der Waals surface area contributed by atoms with E-state index in [1.54, 1.807) is 24.4 Å². The largest absolute Gasteiger partial charge is 0.356 e. The van der Waals surface area contributed by atoms with Crippen LogP contribution in [0.1, 0.15) is 51.9 Å². The predicted octanol–water partition coefficient (Wildman–Crippen LogP) is 5.34. The van der Waals surface area contributed by atoms with Crippen molar-refractivity contribution in [3.63, 3.8) is 0 Å². The molecule has 0 saturated carbocycles. The Labute approximate surface area is 201 Å². The van der Waals surface area contributed by atoms with Crippen LogP contribution in [-0.4, -0.2) is 27.4 Å². The number of hydrogen-bond donors (Lipinski definition) is 2. The zero-order valence-corrected chi connectivity index (χ0v) is 20.3. The first-order valence-electron chi connectivity index (χ1n) is 11.1. The predicted molar refractivity (Wildman–Crippen MR) is 135 cm³/mol. The highest BCUT2D eigenvalue weighted by molar-refractivity contribution is 9.10. The summed E-state index contributed by atoms with van der Waals surface area (Å²) < 4.78 is 1.93. The second-order valence-electron chi connectivity index (χ2n) is 9.47. The van der Waals surface area contributed by atoms with Gasteiger partial charge in [-0.15, -0.1) is 0 Å². The summed E-state index contributed by atoms with van der Waals surface area (Å²) in [6.45, 7) is 2.36. The molecule has 2 bridgehead atoms. The highest BCUT2D eigenvalue weighted by Gasteiger charge is 2.47. The van der Waals surface area contributed by atoms with E-state index in [9.17, 15) is 4.79 Å². The maximum Gasteiger partial charge on any atom is 0.278 e. The van der Waals surface area contributed by atoms with Crippen LogP contribution in [-0.2, 0) is 0 Å². The van der Waals surface area contributed by atoms with Crippen molar-refractivity contribution in [2.24, 2.45) is 0 Å². The lowest BCUT2D eigenvalue weighted by Gasteiger charge is -2.34. The normalized spacial score (nSPS) is 25.2. The topological polar surface area (TPSA) is 85.8 Å². The number of fused-ring (bicyclic) bond motifs is 3. The molecule has 6 nitrogen and oxygen atoms in total. The summed E-state index contributed by atoms with van der Waals surface area (Å²) in [5.74, 6) is 6.71. The van der Waals surface area contributed by atoms with Gasteiger partial charge in [-0.2, -0.15) is 4.98 Å². The molecule has 1 aromatic carbocycles. The Kier molecular flexibility index (Phi) is 5.49. The summed E-state index contributed by atoms with van der Waals surface area (Å²) >= 11 is 9.77. The maximum atomic E-state index is 13.1. The van der Waals surface area contributed by atoms with Crippen LogP contribution in [0.3, 0.4) is 0 Å². The Balaban J connectivity index is 1.52. The van der Waals surface area contributed by atoms with Gasteiger partial charge < -0.3 is 11.2 Å². The van der Waals surface area contributed by atoms with Gasteiger partial charge in [-0.05, 0) is 31.0 Å². The minimum atomic E-state index is -0.351. The summed E-state index contributed by atoms with van der Waals surface area (Å²) in [6.07, 6.45) is 10.0.